The lowest BCUT2D eigenvalue weighted by Crippen LogP contribution is -1.97. The van der Waals surface area contributed by atoms with Crippen LogP contribution in [0.2, 0.25) is 0 Å². The number of pyridine rings is 1. The number of para-hydroxylation sites is 1. The molecule has 122 valence electrons. The molecule has 3 heteroatoms. The number of fused-ring (bicyclic) bond motifs is 1. The van der Waals surface area contributed by atoms with Crippen LogP contribution in [0.4, 0.5) is 0 Å². The molecule has 2 aromatic carbocycles. The predicted octanol–water partition coefficient (Wildman–Crippen LogP) is 5.28. The second kappa shape index (κ2) is 6.10. The summed E-state index contributed by atoms with van der Waals surface area (Å²) in [6.07, 6.45) is 1.86. The van der Waals surface area contributed by atoms with Crippen LogP contribution in [-0.2, 0) is 0 Å². The summed E-state index contributed by atoms with van der Waals surface area (Å²) in [7, 11) is 0. The molecule has 2 heterocycles. The number of hydrogen-bond acceptors (Lipinski definition) is 3. The van der Waals surface area contributed by atoms with Crippen molar-refractivity contribution in [3.8, 4) is 22.8 Å². The van der Waals surface area contributed by atoms with E-state index in [1.165, 1.54) is 16.7 Å². The van der Waals surface area contributed by atoms with E-state index in [4.69, 9.17) is 4.98 Å². The van der Waals surface area contributed by atoms with Crippen LogP contribution in [-0.4, -0.2) is 15.0 Å². The summed E-state index contributed by atoms with van der Waals surface area (Å²) >= 11 is 0. The van der Waals surface area contributed by atoms with Gasteiger partial charge in [-0.15, -0.1) is 0 Å². The average molecular weight is 325 g/mol. The summed E-state index contributed by atoms with van der Waals surface area (Å²) in [5, 5.41) is 1.04. The lowest BCUT2D eigenvalue weighted by Gasteiger charge is -2.11. The van der Waals surface area contributed by atoms with Crippen LogP contribution in [0.3, 0.4) is 0 Å². The normalized spacial score (nSPS) is 11.0. The van der Waals surface area contributed by atoms with Gasteiger partial charge in [-0.3, -0.25) is 0 Å². The predicted molar refractivity (Wildman–Crippen MR) is 102 cm³/mol. The fraction of sp³-hybridized carbons (Fsp3) is 0.136. The Morgan fingerprint density at radius 1 is 0.760 bits per heavy atom. The van der Waals surface area contributed by atoms with Crippen LogP contribution in [0, 0.1) is 20.8 Å². The first-order valence-corrected chi connectivity index (χ1v) is 8.39. The topological polar surface area (TPSA) is 38.7 Å². The molecule has 0 amide bonds. The standard InChI is InChI=1S/C22H19N3/c1-14-8-9-15(2)18(12-14)21-16(3)10-11-20(24-21)22-23-13-17-6-4-5-7-19(17)25-22/h4-13H,1-3H3. The summed E-state index contributed by atoms with van der Waals surface area (Å²) < 4.78 is 0. The smallest absolute Gasteiger partial charge is 0.178 e. The number of aromatic nitrogens is 3. The molecule has 2 aromatic heterocycles. The maximum atomic E-state index is 4.90. The van der Waals surface area contributed by atoms with E-state index in [1.807, 2.05) is 36.5 Å². The van der Waals surface area contributed by atoms with Crippen molar-refractivity contribution in [3.63, 3.8) is 0 Å². The number of aryl methyl sites for hydroxylation is 3. The van der Waals surface area contributed by atoms with E-state index in [1.54, 1.807) is 0 Å². The molecular formula is C22H19N3. The Morgan fingerprint density at radius 2 is 1.56 bits per heavy atom. The number of nitrogens with zero attached hydrogens (tertiary/aromatic N) is 3. The molecule has 0 spiro atoms. The van der Waals surface area contributed by atoms with E-state index in [9.17, 15) is 0 Å². The molecular weight excluding hydrogens is 306 g/mol. The van der Waals surface area contributed by atoms with Gasteiger partial charge >= 0.3 is 0 Å². The van der Waals surface area contributed by atoms with Gasteiger partial charge in [-0.25, -0.2) is 15.0 Å². The van der Waals surface area contributed by atoms with E-state index in [-0.39, 0.29) is 0 Å². The summed E-state index contributed by atoms with van der Waals surface area (Å²) in [6.45, 7) is 6.32. The lowest BCUT2D eigenvalue weighted by molar-refractivity contribution is 1.16. The Hall–Kier alpha value is -3.07. The zero-order valence-electron chi connectivity index (χ0n) is 14.6. The van der Waals surface area contributed by atoms with Crippen LogP contribution in [0.5, 0.6) is 0 Å². The monoisotopic (exact) mass is 325 g/mol. The van der Waals surface area contributed by atoms with Crippen molar-refractivity contribution in [3.05, 3.63) is 77.5 Å². The highest BCUT2D eigenvalue weighted by atomic mass is 14.9. The molecule has 0 aliphatic carbocycles. The van der Waals surface area contributed by atoms with Crippen molar-refractivity contribution in [2.24, 2.45) is 0 Å². The highest BCUT2D eigenvalue weighted by Crippen LogP contribution is 2.28. The van der Waals surface area contributed by atoms with Gasteiger partial charge in [-0.2, -0.15) is 0 Å². The van der Waals surface area contributed by atoms with Gasteiger partial charge in [0.15, 0.2) is 5.82 Å². The van der Waals surface area contributed by atoms with Gasteiger partial charge in [0.05, 0.1) is 11.2 Å². The van der Waals surface area contributed by atoms with Crippen molar-refractivity contribution in [2.75, 3.05) is 0 Å². The van der Waals surface area contributed by atoms with Crippen molar-refractivity contribution in [1.82, 2.24) is 15.0 Å². The van der Waals surface area contributed by atoms with E-state index >= 15 is 0 Å². The number of rotatable bonds is 2. The molecule has 0 saturated carbocycles. The van der Waals surface area contributed by atoms with E-state index in [0.29, 0.717) is 5.82 Å². The van der Waals surface area contributed by atoms with E-state index in [2.05, 4.69) is 55.0 Å². The minimum Gasteiger partial charge on any atom is -0.244 e. The minimum absolute atomic E-state index is 0.658. The maximum absolute atomic E-state index is 4.90. The number of benzene rings is 2. The molecule has 25 heavy (non-hydrogen) atoms. The first-order chi connectivity index (χ1) is 12.1. The van der Waals surface area contributed by atoms with Gasteiger partial charge in [-0.1, -0.05) is 42.0 Å². The average Bonchev–Trinajstić information content (AvgIpc) is 2.64. The Bertz CT molecular complexity index is 1080. The summed E-state index contributed by atoms with van der Waals surface area (Å²) in [5.74, 6) is 0.658. The van der Waals surface area contributed by atoms with Crippen molar-refractivity contribution >= 4 is 10.9 Å². The highest BCUT2D eigenvalue weighted by molar-refractivity contribution is 5.79. The molecule has 0 saturated heterocycles. The first-order valence-electron chi connectivity index (χ1n) is 8.39. The highest BCUT2D eigenvalue weighted by Gasteiger charge is 2.11. The van der Waals surface area contributed by atoms with Crippen LogP contribution >= 0.6 is 0 Å². The second-order valence-corrected chi connectivity index (χ2v) is 6.43. The molecule has 0 N–H and O–H groups in total. The minimum atomic E-state index is 0.658. The van der Waals surface area contributed by atoms with E-state index in [0.717, 1.165) is 27.9 Å². The molecule has 4 aromatic rings. The molecule has 0 bridgehead atoms. The van der Waals surface area contributed by atoms with E-state index < -0.39 is 0 Å². The molecule has 0 aliphatic rings. The summed E-state index contributed by atoms with van der Waals surface area (Å²) in [4.78, 5) is 14.1. The maximum Gasteiger partial charge on any atom is 0.178 e. The third-order valence-electron chi connectivity index (χ3n) is 4.46. The van der Waals surface area contributed by atoms with Crippen LogP contribution in [0.25, 0.3) is 33.7 Å². The van der Waals surface area contributed by atoms with Gasteiger partial charge in [0.1, 0.15) is 5.69 Å². The Balaban J connectivity index is 1.87. The van der Waals surface area contributed by atoms with Crippen molar-refractivity contribution in [2.45, 2.75) is 20.8 Å². The van der Waals surface area contributed by atoms with Crippen LogP contribution in [0.15, 0.2) is 60.8 Å². The van der Waals surface area contributed by atoms with Crippen molar-refractivity contribution < 1.29 is 0 Å². The molecule has 4 rings (SSSR count). The summed E-state index contributed by atoms with van der Waals surface area (Å²) in [6, 6.07) is 18.6. The zero-order valence-corrected chi connectivity index (χ0v) is 14.6. The molecule has 0 aliphatic heterocycles. The molecule has 0 unspecified atom stereocenters. The largest absolute Gasteiger partial charge is 0.244 e. The third kappa shape index (κ3) is 2.89. The number of hydrogen-bond donors (Lipinski definition) is 0. The van der Waals surface area contributed by atoms with Crippen molar-refractivity contribution in [1.29, 1.82) is 0 Å². The second-order valence-electron chi connectivity index (χ2n) is 6.43. The zero-order chi connectivity index (χ0) is 17.4. The molecule has 3 nitrogen and oxygen atoms in total. The first kappa shape index (κ1) is 15.5. The van der Waals surface area contributed by atoms with Gasteiger partial charge < -0.3 is 0 Å². The lowest BCUT2D eigenvalue weighted by atomic mass is 9.99. The van der Waals surface area contributed by atoms with Crippen LogP contribution in [0.1, 0.15) is 16.7 Å². The van der Waals surface area contributed by atoms with Crippen LogP contribution < -0.4 is 0 Å². The fourth-order valence-corrected chi connectivity index (χ4v) is 3.01. The third-order valence-corrected chi connectivity index (χ3v) is 4.46. The Labute approximate surface area is 147 Å². The Kier molecular flexibility index (Phi) is 3.77. The molecule has 0 fully saturated rings. The fourth-order valence-electron chi connectivity index (χ4n) is 3.01. The SMILES string of the molecule is Cc1ccc(C)c(-c2nc(-c3ncc4ccccc4n3)ccc2C)c1. The van der Waals surface area contributed by atoms with Gasteiger partial charge in [0, 0.05) is 17.1 Å². The molecule has 0 radical (unpaired) electrons. The molecule has 0 atom stereocenters. The Morgan fingerprint density at radius 3 is 2.44 bits per heavy atom. The van der Waals surface area contributed by atoms with Gasteiger partial charge in [0.2, 0.25) is 0 Å². The van der Waals surface area contributed by atoms with Gasteiger partial charge in [0.25, 0.3) is 0 Å². The quantitative estimate of drug-likeness (QED) is 0.503. The summed E-state index contributed by atoms with van der Waals surface area (Å²) in [5.41, 5.74) is 7.50. The van der Waals surface area contributed by atoms with Gasteiger partial charge in [-0.05, 0) is 50.1 Å².